The molecule has 2 N–H and O–H groups in total. The Morgan fingerprint density at radius 1 is 1.09 bits per heavy atom. The van der Waals surface area contributed by atoms with Crippen LogP contribution in [0.4, 0.5) is 0 Å². The molecule has 3 rings (SSSR count). The van der Waals surface area contributed by atoms with E-state index in [1.807, 2.05) is 24.3 Å². The molecule has 0 saturated heterocycles. The highest BCUT2D eigenvalue weighted by molar-refractivity contribution is 7.12. The normalized spacial score (nSPS) is 10.3. The Hall–Kier alpha value is -2.93. The van der Waals surface area contributed by atoms with Crippen molar-refractivity contribution < 1.29 is 14.3 Å². The number of fused-ring (bicyclic) bond motifs is 1. The molecule has 0 unspecified atom stereocenters. The molecule has 23 heavy (non-hydrogen) atoms. The minimum absolute atomic E-state index is 0.222. The van der Waals surface area contributed by atoms with Gasteiger partial charge >= 0.3 is 0 Å². The largest absolute Gasteiger partial charge is 0.481 e. The molecule has 0 aliphatic carbocycles. The average molecular weight is 327 g/mol. The van der Waals surface area contributed by atoms with E-state index < -0.39 is 5.91 Å². The maximum absolute atomic E-state index is 11.8. The van der Waals surface area contributed by atoms with Gasteiger partial charge in [-0.1, -0.05) is 24.3 Å². The Balaban J connectivity index is 1.55. The number of aromatic nitrogens is 1. The smallest absolute Gasteiger partial charge is 0.279 e. The number of carbonyl (C=O) groups is 2. The Bertz CT molecular complexity index is 828. The number of amides is 2. The molecule has 0 aliphatic rings. The molecule has 2 aromatic heterocycles. The topological polar surface area (TPSA) is 80.3 Å². The Morgan fingerprint density at radius 3 is 2.78 bits per heavy atom. The summed E-state index contributed by atoms with van der Waals surface area (Å²) in [5, 5.41) is 2.71. The molecule has 0 bridgehead atoms. The monoisotopic (exact) mass is 327 g/mol. The second-order valence-corrected chi connectivity index (χ2v) is 5.55. The van der Waals surface area contributed by atoms with E-state index in [1.54, 1.807) is 29.8 Å². The van der Waals surface area contributed by atoms with Gasteiger partial charge in [0.25, 0.3) is 11.8 Å². The number of nitrogens with zero attached hydrogens (tertiary/aromatic N) is 1. The number of nitrogens with one attached hydrogen (secondary N) is 2. The summed E-state index contributed by atoms with van der Waals surface area (Å²) in [6.07, 6.45) is 1.66. The summed E-state index contributed by atoms with van der Waals surface area (Å²) in [6.45, 7) is -0.222. The Labute approximate surface area is 136 Å². The van der Waals surface area contributed by atoms with Gasteiger partial charge in [0.2, 0.25) is 0 Å². The molecule has 0 aliphatic heterocycles. The van der Waals surface area contributed by atoms with Gasteiger partial charge in [0.05, 0.1) is 4.88 Å². The standard InChI is InChI=1S/C16H13N3O3S/c20-14(18-19-16(21)13-7-3-9-23-13)10-22-12-6-1-4-11-5-2-8-17-15(11)12/h1-9H,10H2,(H,18,20)(H,19,21). The number of rotatable bonds is 4. The van der Waals surface area contributed by atoms with Crippen molar-refractivity contribution in [2.45, 2.75) is 0 Å². The van der Waals surface area contributed by atoms with Crippen LogP contribution >= 0.6 is 11.3 Å². The molecule has 0 spiro atoms. The van der Waals surface area contributed by atoms with Crippen LogP contribution in [0.1, 0.15) is 9.67 Å². The summed E-state index contributed by atoms with van der Waals surface area (Å²) in [5.74, 6) is -0.300. The number of hydrazine groups is 1. The lowest BCUT2D eigenvalue weighted by Crippen LogP contribution is -2.43. The van der Waals surface area contributed by atoms with E-state index >= 15 is 0 Å². The third-order valence-corrected chi connectivity index (χ3v) is 3.88. The van der Waals surface area contributed by atoms with Crippen LogP contribution < -0.4 is 15.6 Å². The van der Waals surface area contributed by atoms with E-state index in [9.17, 15) is 9.59 Å². The van der Waals surface area contributed by atoms with E-state index in [4.69, 9.17) is 4.74 Å². The van der Waals surface area contributed by atoms with Crippen LogP contribution in [0.25, 0.3) is 10.9 Å². The number of carbonyl (C=O) groups excluding carboxylic acids is 2. The van der Waals surface area contributed by atoms with Gasteiger partial charge in [-0.05, 0) is 23.6 Å². The molecule has 0 radical (unpaired) electrons. The zero-order valence-electron chi connectivity index (χ0n) is 12.0. The first-order valence-corrected chi connectivity index (χ1v) is 7.71. The first-order valence-electron chi connectivity index (χ1n) is 6.83. The predicted molar refractivity (Wildman–Crippen MR) is 87.2 cm³/mol. The van der Waals surface area contributed by atoms with Crippen LogP contribution in [-0.2, 0) is 4.79 Å². The van der Waals surface area contributed by atoms with Gasteiger partial charge < -0.3 is 4.74 Å². The molecule has 2 amide bonds. The summed E-state index contributed by atoms with van der Waals surface area (Å²) in [5.41, 5.74) is 5.33. The van der Waals surface area contributed by atoms with Crippen LogP contribution in [-0.4, -0.2) is 23.4 Å². The SMILES string of the molecule is O=C(COc1cccc2cccnc12)NNC(=O)c1cccs1. The fourth-order valence-electron chi connectivity index (χ4n) is 1.97. The van der Waals surface area contributed by atoms with Crippen molar-refractivity contribution in [2.24, 2.45) is 0 Å². The number of hydrogen-bond donors (Lipinski definition) is 2. The van der Waals surface area contributed by atoms with Crippen LogP contribution in [0.2, 0.25) is 0 Å². The molecule has 2 heterocycles. The molecule has 0 fully saturated rings. The fourth-order valence-corrected chi connectivity index (χ4v) is 2.59. The molecule has 116 valence electrons. The summed E-state index contributed by atoms with van der Waals surface area (Å²) < 4.78 is 5.48. The maximum Gasteiger partial charge on any atom is 0.279 e. The van der Waals surface area contributed by atoms with Crippen molar-refractivity contribution in [3.05, 3.63) is 58.9 Å². The zero-order chi connectivity index (χ0) is 16.1. The predicted octanol–water partition coefficient (Wildman–Crippen LogP) is 2.14. The quantitative estimate of drug-likeness (QED) is 0.720. The highest BCUT2D eigenvalue weighted by Gasteiger charge is 2.09. The summed E-state index contributed by atoms with van der Waals surface area (Å²) in [6, 6.07) is 12.7. The van der Waals surface area contributed by atoms with Crippen molar-refractivity contribution in [2.75, 3.05) is 6.61 Å². The first kappa shape index (κ1) is 15.0. The molecule has 0 atom stereocenters. The van der Waals surface area contributed by atoms with Crippen LogP contribution in [0.5, 0.6) is 5.75 Å². The minimum atomic E-state index is -0.456. The van der Waals surface area contributed by atoms with Crippen LogP contribution in [0.15, 0.2) is 54.0 Å². The third kappa shape index (κ3) is 3.64. The van der Waals surface area contributed by atoms with Crippen LogP contribution in [0.3, 0.4) is 0 Å². The fraction of sp³-hybridized carbons (Fsp3) is 0.0625. The van der Waals surface area contributed by atoms with Crippen molar-refractivity contribution in [1.82, 2.24) is 15.8 Å². The molecular weight excluding hydrogens is 314 g/mol. The zero-order valence-corrected chi connectivity index (χ0v) is 12.8. The lowest BCUT2D eigenvalue weighted by atomic mass is 10.2. The van der Waals surface area contributed by atoms with E-state index in [2.05, 4.69) is 15.8 Å². The van der Waals surface area contributed by atoms with E-state index in [1.165, 1.54) is 11.3 Å². The second-order valence-electron chi connectivity index (χ2n) is 4.60. The lowest BCUT2D eigenvalue weighted by molar-refractivity contribution is -0.123. The van der Waals surface area contributed by atoms with Gasteiger partial charge in [-0.15, -0.1) is 11.3 Å². The van der Waals surface area contributed by atoms with E-state index in [0.29, 0.717) is 16.1 Å². The minimum Gasteiger partial charge on any atom is -0.481 e. The molecule has 1 aromatic carbocycles. The lowest BCUT2D eigenvalue weighted by Gasteiger charge is -2.09. The summed E-state index contributed by atoms with van der Waals surface area (Å²) in [4.78, 5) is 28.2. The molecule has 6 nitrogen and oxygen atoms in total. The maximum atomic E-state index is 11.8. The Morgan fingerprint density at radius 2 is 1.96 bits per heavy atom. The van der Waals surface area contributed by atoms with Gasteiger partial charge in [-0.2, -0.15) is 0 Å². The van der Waals surface area contributed by atoms with Crippen molar-refractivity contribution in [1.29, 1.82) is 0 Å². The van der Waals surface area contributed by atoms with Crippen molar-refractivity contribution in [3.63, 3.8) is 0 Å². The van der Waals surface area contributed by atoms with Gasteiger partial charge in [-0.3, -0.25) is 25.4 Å². The molecule has 0 saturated carbocycles. The van der Waals surface area contributed by atoms with Crippen molar-refractivity contribution >= 4 is 34.1 Å². The first-order chi connectivity index (χ1) is 11.2. The molecule has 7 heteroatoms. The summed E-state index contributed by atoms with van der Waals surface area (Å²) >= 11 is 1.29. The van der Waals surface area contributed by atoms with Gasteiger partial charge in [-0.25, -0.2) is 0 Å². The average Bonchev–Trinajstić information content (AvgIpc) is 3.12. The van der Waals surface area contributed by atoms with E-state index in [0.717, 1.165) is 5.39 Å². The number of benzene rings is 1. The molecule has 3 aromatic rings. The number of thiophene rings is 1. The van der Waals surface area contributed by atoms with Gasteiger partial charge in [0.15, 0.2) is 6.61 Å². The van der Waals surface area contributed by atoms with Crippen LogP contribution in [0, 0.1) is 0 Å². The number of ether oxygens (including phenoxy) is 1. The van der Waals surface area contributed by atoms with E-state index in [-0.39, 0.29) is 12.5 Å². The highest BCUT2D eigenvalue weighted by atomic mass is 32.1. The second kappa shape index (κ2) is 6.89. The Kier molecular flexibility index (Phi) is 4.49. The summed E-state index contributed by atoms with van der Waals surface area (Å²) in [7, 11) is 0. The highest BCUT2D eigenvalue weighted by Crippen LogP contribution is 2.22. The number of para-hydroxylation sites is 1. The van der Waals surface area contributed by atoms with Gasteiger partial charge in [0, 0.05) is 11.6 Å². The third-order valence-electron chi connectivity index (χ3n) is 3.01. The van der Waals surface area contributed by atoms with Crippen molar-refractivity contribution in [3.8, 4) is 5.75 Å². The molecular formula is C16H13N3O3S. The number of hydrogen-bond acceptors (Lipinski definition) is 5. The number of pyridine rings is 1. The van der Waals surface area contributed by atoms with Gasteiger partial charge in [0.1, 0.15) is 11.3 Å².